The van der Waals surface area contributed by atoms with Crippen LogP contribution in [0.4, 0.5) is 0 Å². The monoisotopic (exact) mass is 878 g/mol. The molecule has 0 aliphatic rings. The number of phenolic OH excluding ortho intramolecular Hbond substituents is 2. The molecule has 0 atom stereocenters. The van der Waals surface area contributed by atoms with Gasteiger partial charge >= 0.3 is 0 Å². The van der Waals surface area contributed by atoms with E-state index in [0.717, 1.165) is 18.1 Å². The van der Waals surface area contributed by atoms with Crippen LogP contribution >= 0.6 is 116 Å². The van der Waals surface area contributed by atoms with Crippen molar-refractivity contribution in [3.63, 3.8) is 0 Å². The molecule has 2 aromatic carbocycles. The van der Waals surface area contributed by atoms with E-state index < -0.39 is 16.6 Å². The normalized spacial score (nSPS) is 10.4. The van der Waals surface area contributed by atoms with Crippen molar-refractivity contribution >= 4 is 133 Å². The van der Waals surface area contributed by atoms with E-state index in [0.29, 0.717) is 0 Å². The molecule has 0 heterocycles. The molecule has 0 unspecified atom stereocenters. The van der Waals surface area contributed by atoms with Crippen molar-refractivity contribution in [3.05, 3.63) is 50.2 Å². The van der Waals surface area contributed by atoms with E-state index in [9.17, 15) is 15.0 Å². The summed E-state index contributed by atoms with van der Waals surface area (Å²) in [5, 5.41) is 18.0. The van der Waals surface area contributed by atoms with Gasteiger partial charge in [-0.1, -0.05) is 137 Å². The fourth-order valence-electron chi connectivity index (χ4n) is 1.94. The summed E-state index contributed by atoms with van der Waals surface area (Å²) in [5.74, 6) is -0.726. The Balaban J connectivity index is -0.000000216. The van der Waals surface area contributed by atoms with Crippen LogP contribution in [0.5, 0.6) is 11.5 Å². The Bertz CT molecular complexity index is 765. The summed E-state index contributed by atoms with van der Waals surface area (Å²) in [6.07, 6.45) is 0. The first-order valence-corrected chi connectivity index (χ1v) is 20.3. The van der Waals surface area contributed by atoms with Gasteiger partial charge in [0.25, 0.3) is 0 Å². The fraction of sp³-hybridized carbons (Fsp3) is 0.429. The average molecular weight is 886 g/mol. The third kappa shape index (κ3) is 17.0. The van der Waals surface area contributed by atoms with E-state index in [1.807, 2.05) is 19.6 Å². The Morgan fingerprint density at radius 3 is 0.667 bits per heavy atom. The predicted octanol–water partition coefficient (Wildman–Crippen LogP) is 12.1. The minimum absolute atomic E-state index is 0. The molecule has 0 spiro atoms. The minimum Gasteiger partial charge on any atom is -0.505 e. The maximum Gasteiger partial charge on any atom is 0.187 e. The summed E-state index contributed by atoms with van der Waals surface area (Å²) >= 11 is 55.8. The summed E-state index contributed by atoms with van der Waals surface area (Å²) in [6.45, 7) is 11.9. The first-order valence-electron chi connectivity index (χ1n) is 10.5. The molecule has 0 amide bonds. The number of phenols is 2. The number of hydrogen-bond acceptors (Lipinski definition) is 4. The Hall–Kier alpha value is 2.54. The van der Waals surface area contributed by atoms with Gasteiger partial charge in [-0.3, -0.25) is 0 Å². The van der Waals surface area contributed by atoms with Gasteiger partial charge in [-0.15, -0.1) is 0 Å². The molecule has 4 N–H and O–H groups in total. The summed E-state index contributed by atoms with van der Waals surface area (Å²) in [7, 11) is -3.28. The minimum atomic E-state index is -1.67. The van der Waals surface area contributed by atoms with E-state index in [1.54, 1.807) is 0 Å². The van der Waals surface area contributed by atoms with E-state index in [4.69, 9.17) is 121 Å². The molecule has 0 saturated heterocycles. The van der Waals surface area contributed by atoms with Gasteiger partial charge in [0.05, 0.1) is 30.1 Å². The molecule has 0 radical (unpaired) electrons. The van der Waals surface area contributed by atoms with Crippen LogP contribution in [0.1, 0.15) is 20.8 Å². The van der Waals surface area contributed by atoms with Crippen molar-refractivity contribution in [1.82, 2.24) is 0 Å². The topological polar surface area (TPSA) is 80.9 Å². The van der Waals surface area contributed by atoms with E-state index in [2.05, 4.69) is 20.8 Å². The largest absolute Gasteiger partial charge is 0.505 e. The van der Waals surface area contributed by atoms with Crippen LogP contribution in [0.2, 0.25) is 88.0 Å². The number of aromatic hydroxyl groups is 2. The van der Waals surface area contributed by atoms with Crippen LogP contribution < -0.4 is 0 Å². The second-order valence-electron chi connectivity index (χ2n) is 8.29. The molecule has 4 nitrogen and oxygen atoms in total. The van der Waals surface area contributed by atoms with Crippen molar-refractivity contribution < 1.29 is 58.8 Å². The summed E-state index contributed by atoms with van der Waals surface area (Å²) in [4.78, 5) is 18.2. The molecule has 39 heavy (non-hydrogen) atoms. The third-order valence-electron chi connectivity index (χ3n) is 4.35. The predicted molar refractivity (Wildman–Crippen MR) is 171 cm³/mol. The molecular weight excluding hydrogens is 858 g/mol. The van der Waals surface area contributed by atoms with E-state index >= 15 is 0 Å². The summed E-state index contributed by atoms with van der Waals surface area (Å²) in [5.41, 5.74) is 0. The second kappa shape index (κ2) is 22.1. The number of benzene rings is 2. The van der Waals surface area contributed by atoms with Crippen LogP contribution in [0.25, 0.3) is 0 Å². The SMILES string of the molecule is CC[Si](O)(CC)CC.C[Si](C)(C)O.Oc1c(Cl)c(Cl)c(Cl)c(Cl)c1Cl.Oc1c(Cl)c(Cl)c(Cl)c(Cl)c1Cl.[Zn].[Zn]. The Morgan fingerprint density at radius 1 is 0.436 bits per heavy atom. The second-order valence-corrected chi connectivity index (χ2v) is 21.0. The molecule has 0 aliphatic carbocycles. The van der Waals surface area contributed by atoms with Crippen molar-refractivity contribution in [2.24, 2.45) is 0 Å². The van der Waals surface area contributed by atoms with Crippen LogP contribution in [-0.4, -0.2) is 36.4 Å². The molecule has 2 rings (SSSR count). The Kier molecular flexibility index (Phi) is 27.5. The first kappa shape index (κ1) is 48.4. The van der Waals surface area contributed by atoms with Gasteiger partial charge in [0.2, 0.25) is 0 Å². The van der Waals surface area contributed by atoms with Crippen LogP contribution in [-0.2, 0) is 39.0 Å². The van der Waals surface area contributed by atoms with Crippen LogP contribution in [0, 0.1) is 0 Å². The molecule has 0 aromatic heterocycles. The van der Waals surface area contributed by atoms with Crippen LogP contribution in [0.3, 0.4) is 0 Å². The number of rotatable bonds is 3. The van der Waals surface area contributed by atoms with Gasteiger partial charge in [0.1, 0.15) is 20.1 Å². The molecule has 0 bridgehead atoms. The maximum atomic E-state index is 9.58. The molecule has 0 saturated carbocycles. The summed E-state index contributed by atoms with van der Waals surface area (Å²) < 4.78 is 0. The van der Waals surface area contributed by atoms with Gasteiger partial charge in [-0.05, 0) is 37.8 Å². The van der Waals surface area contributed by atoms with Gasteiger partial charge in [-0.25, -0.2) is 0 Å². The molecular formula is C21H28Cl10O4Si2Zn2. The standard InChI is InChI=1S/2C6HCl5O.C6H16OSi.C3H10OSi.2Zn/c2*7-1-2(8)4(10)6(12)5(11)3(1)9;1-4-8(7,5-2)6-3;1-5(2,3)4;;/h2*12H;7H,4-6H2,1-3H3;4H,1-3H3;;. The van der Waals surface area contributed by atoms with Gasteiger partial charge in [0, 0.05) is 39.0 Å². The average Bonchev–Trinajstić information content (AvgIpc) is 2.85. The Morgan fingerprint density at radius 2 is 0.564 bits per heavy atom. The molecule has 0 aliphatic heterocycles. The Labute approximate surface area is 308 Å². The fourth-order valence-corrected chi connectivity index (χ4v) is 5.69. The van der Waals surface area contributed by atoms with Gasteiger partial charge in [-0.2, -0.15) is 0 Å². The van der Waals surface area contributed by atoms with Crippen LogP contribution in [0.15, 0.2) is 0 Å². The number of hydrogen-bond donors (Lipinski definition) is 4. The van der Waals surface area contributed by atoms with Crippen molar-refractivity contribution in [2.75, 3.05) is 0 Å². The van der Waals surface area contributed by atoms with E-state index in [-0.39, 0.29) is 101 Å². The molecule has 218 valence electrons. The third-order valence-corrected chi connectivity index (χ3v) is 12.8. The van der Waals surface area contributed by atoms with E-state index in [1.165, 1.54) is 0 Å². The zero-order valence-corrected chi connectivity index (χ0v) is 37.6. The molecule has 2 aromatic rings. The summed E-state index contributed by atoms with van der Waals surface area (Å²) in [6, 6.07) is 3.04. The van der Waals surface area contributed by atoms with Gasteiger partial charge < -0.3 is 19.8 Å². The smallest absolute Gasteiger partial charge is 0.187 e. The maximum absolute atomic E-state index is 9.58. The number of halogens is 10. The van der Waals surface area contributed by atoms with Crippen molar-refractivity contribution in [3.8, 4) is 11.5 Å². The van der Waals surface area contributed by atoms with Crippen molar-refractivity contribution in [2.45, 2.75) is 58.5 Å². The molecule has 0 fully saturated rings. The zero-order chi connectivity index (χ0) is 30.0. The zero-order valence-electron chi connectivity index (χ0n) is 22.1. The quantitative estimate of drug-likeness (QED) is 0.141. The van der Waals surface area contributed by atoms with Gasteiger partial charge in [0.15, 0.2) is 28.1 Å². The van der Waals surface area contributed by atoms with Crippen molar-refractivity contribution in [1.29, 1.82) is 0 Å². The molecule has 18 heteroatoms. The first-order chi connectivity index (χ1) is 16.6.